The number of alkyl carbamates (subject to hydrolysis) is 1. The van der Waals surface area contributed by atoms with Crippen LogP contribution in [0.5, 0.6) is 0 Å². The van der Waals surface area contributed by atoms with Gasteiger partial charge in [0.25, 0.3) is 11.6 Å². The summed E-state index contributed by atoms with van der Waals surface area (Å²) in [6.45, 7) is 5.59. The quantitative estimate of drug-likeness (QED) is 0.502. The van der Waals surface area contributed by atoms with E-state index in [4.69, 9.17) is 9.47 Å². The van der Waals surface area contributed by atoms with Gasteiger partial charge in [-0.1, -0.05) is 0 Å². The Morgan fingerprint density at radius 1 is 1.25 bits per heavy atom. The predicted molar refractivity (Wildman–Crippen MR) is 114 cm³/mol. The monoisotopic (exact) mass is 452 g/mol. The van der Waals surface area contributed by atoms with Gasteiger partial charge in [-0.25, -0.2) is 9.18 Å². The third-order valence-corrected chi connectivity index (χ3v) is 5.28. The number of piperidine rings is 1. The van der Waals surface area contributed by atoms with Gasteiger partial charge in [-0.2, -0.15) is 0 Å². The number of hydrogen-bond donors (Lipinski definition) is 2. The van der Waals surface area contributed by atoms with Crippen molar-refractivity contribution in [3.05, 3.63) is 33.6 Å². The third kappa shape index (κ3) is 5.84. The van der Waals surface area contributed by atoms with Crippen LogP contribution in [0.1, 0.15) is 50.4 Å². The molecule has 2 atom stereocenters. The molecule has 2 aliphatic rings. The molecule has 2 N–H and O–H groups in total. The standard InChI is InChI=1S/C21H29FN4O6/c1-21(2,3)32-20(28)24-15-11-25(8-7-17(15)31-4)19(27)12-9-14(22)18(23-13-5-6-13)16(10-12)26(29)30/h9-10,13,15,17,23H,5-8,11H2,1-4H3,(H,24,28). The minimum atomic E-state index is -0.843. The Labute approximate surface area is 185 Å². The van der Waals surface area contributed by atoms with Gasteiger partial charge in [0.05, 0.1) is 17.1 Å². The number of amides is 2. The van der Waals surface area contributed by atoms with Gasteiger partial charge >= 0.3 is 6.09 Å². The molecule has 32 heavy (non-hydrogen) atoms. The number of ether oxygens (including phenoxy) is 2. The lowest BCUT2D eigenvalue weighted by Gasteiger charge is -2.38. The lowest BCUT2D eigenvalue weighted by molar-refractivity contribution is -0.384. The zero-order chi connectivity index (χ0) is 23.6. The average molecular weight is 452 g/mol. The van der Waals surface area contributed by atoms with Gasteiger partial charge in [0.15, 0.2) is 5.82 Å². The maximum absolute atomic E-state index is 14.7. The zero-order valence-corrected chi connectivity index (χ0v) is 18.6. The Bertz CT molecular complexity index is 899. The molecule has 1 heterocycles. The maximum Gasteiger partial charge on any atom is 0.408 e. The Hall–Kier alpha value is -2.95. The van der Waals surface area contributed by atoms with Crippen LogP contribution < -0.4 is 10.6 Å². The fourth-order valence-electron chi connectivity index (χ4n) is 3.61. The molecule has 1 aliphatic carbocycles. The van der Waals surface area contributed by atoms with E-state index in [1.165, 1.54) is 12.0 Å². The number of nitro groups is 1. The summed E-state index contributed by atoms with van der Waals surface area (Å²) < 4.78 is 25.4. The summed E-state index contributed by atoms with van der Waals surface area (Å²) in [5, 5.41) is 17.0. The summed E-state index contributed by atoms with van der Waals surface area (Å²) in [6, 6.07) is 1.56. The van der Waals surface area contributed by atoms with Crippen molar-refractivity contribution in [1.29, 1.82) is 0 Å². The topological polar surface area (TPSA) is 123 Å². The van der Waals surface area contributed by atoms with Crippen LogP contribution in [0.25, 0.3) is 0 Å². The van der Waals surface area contributed by atoms with Crippen LogP contribution in [-0.2, 0) is 9.47 Å². The number of benzene rings is 1. The number of hydrogen-bond acceptors (Lipinski definition) is 7. The highest BCUT2D eigenvalue weighted by atomic mass is 19.1. The molecule has 2 amide bonds. The molecule has 0 spiro atoms. The number of rotatable bonds is 6. The fourth-order valence-corrected chi connectivity index (χ4v) is 3.61. The maximum atomic E-state index is 14.7. The molecule has 1 aromatic carbocycles. The van der Waals surface area contributed by atoms with Crippen molar-refractivity contribution in [2.75, 3.05) is 25.5 Å². The average Bonchev–Trinajstić information content (AvgIpc) is 3.51. The number of halogens is 1. The summed E-state index contributed by atoms with van der Waals surface area (Å²) in [5.41, 5.74) is -1.49. The third-order valence-electron chi connectivity index (χ3n) is 5.28. The van der Waals surface area contributed by atoms with Crippen molar-refractivity contribution in [1.82, 2.24) is 10.2 Å². The van der Waals surface area contributed by atoms with Crippen LogP contribution in [0.2, 0.25) is 0 Å². The Kier molecular flexibility index (Phi) is 6.87. The highest BCUT2D eigenvalue weighted by molar-refractivity contribution is 5.96. The molecule has 2 fully saturated rings. The fraction of sp³-hybridized carbons (Fsp3) is 0.619. The van der Waals surface area contributed by atoms with Crippen molar-refractivity contribution in [2.24, 2.45) is 0 Å². The molecule has 0 bridgehead atoms. The lowest BCUT2D eigenvalue weighted by Crippen LogP contribution is -2.57. The van der Waals surface area contributed by atoms with Gasteiger partial charge in [0, 0.05) is 37.9 Å². The summed E-state index contributed by atoms with van der Waals surface area (Å²) >= 11 is 0. The van der Waals surface area contributed by atoms with E-state index in [9.17, 15) is 24.1 Å². The number of carbonyl (C=O) groups is 2. The largest absolute Gasteiger partial charge is 0.444 e. The molecule has 1 aliphatic heterocycles. The molecular formula is C21H29FN4O6. The van der Waals surface area contributed by atoms with E-state index in [2.05, 4.69) is 10.6 Å². The van der Waals surface area contributed by atoms with Crippen LogP contribution in [0.15, 0.2) is 12.1 Å². The van der Waals surface area contributed by atoms with Gasteiger partial charge in [-0.05, 0) is 46.1 Å². The van der Waals surface area contributed by atoms with Gasteiger partial charge in [0.2, 0.25) is 0 Å². The van der Waals surface area contributed by atoms with E-state index in [0.29, 0.717) is 13.0 Å². The van der Waals surface area contributed by atoms with Crippen LogP contribution in [0.4, 0.5) is 20.6 Å². The first-order valence-electron chi connectivity index (χ1n) is 10.5. The first-order chi connectivity index (χ1) is 15.0. The second-order valence-corrected chi connectivity index (χ2v) is 9.09. The number of nitrogens with zero attached hydrogens (tertiary/aromatic N) is 2. The first kappa shape index (κ1) is 23.7. The molecule has 0 aromatic heterocycles. The molecule has 176 valence electrons. The number of nitro benzene ring substituents is 1. The van der Waals surface area contributed by atoms with E-state index < -0.39 is 40.1 Å². The minimum absolute atomic E-state index is 0.0116. The van der Waals surface area contributed by atoms with E-state index in [-0.39, 0.29) is 29.9 Å². The van der Waals surface area contributed by atoms with E-state index >= 15 is 0 Å². The van der Waals surface area contributed by atoms with Crippen molar-refractivity contribution in [3.8, 4) is 0 Å². The predicted octanol–water partition coefficient (Wildman–Crippen LogP) is 3.06. The number of carbonyl (C=O) groups excluding carboxylic acids is 2. The van der Waals surface area contributed by atoms with Crippen LogP contribution >= 0.6 is 0 Å². The second-order valence-electron chi connectivity index (χ2n) is 9.09. The van der Waals surface area contributed by atoms with Crippen molar-refractivity contribution in [2.45, 2.75) is 63.8 Å². The smallest absolute Gasteiger partial charge is 0.408 e. The minimum Gasteiger partial charge on any atom is -0.444 e. The number of likely N-dealkylation sites (tertiary alicyclic amines) is 1. The van der Waals surface area contributed by atoms with Crippen LogP contribution in [0, 0.1) is 15.9 Å². The first-order valence-corrected chi connectivity index (χ1v) is 10.5. The molecule has 3 rings (SSSR count). The molecule has 2 unspecified atom stereocenters. The molecule has 0 radical (unpaired) electrons. The van der Waals surface area contributed by atoms with Crippen LogP contribution in [0.3, 0.4) is 0 Å². The number of anilines is 1. The summed E-state index contributed by atoms with van der Waals surface area (Å²) in [5.74, 6) is -1.40. The molecule has 11 heteroatoms. The SMILES string of the molecule is COC1CCN(C(=O)c2cc(F)c(NC3CC3)c([N+](=O)[O-])c2)CC1NC(=O)OC(C)(C)C. The Morgan fingerprint density at radius 2 is 1.94 bits per heavy atom. The zero-order valence-electron chi connectivity index (χ0n) is 18.6. The van der Waals surface area contributed by atoms with Gasteiger partial charge in [0.1, 0.15) is 11.3 Å². The van der Waals surface area contributed by atoms with Gasteiger partial charge in [-0.15, -0.1) is 0 Å². The normalized spacial score (nSPS) is 21.1. The highest BCUT2D eigenvalue weighted by Gasteiger charge is 2.35. The molecule has 10 nitrogen and oxygen atoms in total. The second kappa shape index (κ2) is 9.27. The van der Waals surface area contributed by atoms with E-state index in [1.54, 1.807) is 20.8 Å². The van der Waals surface area contributed by atoms with Gasteiger partial charge < -0.3 is 25.0 Å². The van der Waals surface area contributed by atoms with Crippen molar-refractivity contribution in [3.63, 3.8) is 0 Å². The van der Waals surface area contributed by atoms with Crippen molar-refractivity contribution < 1.29 is 28.4 Å². The van der Waals surface area contributed by atoms with Gasteiger partial charge in [-0.3, -0.25) is 14.9 Å². The molecule has 1 saturated carbocycles. The summed E-state index contributed by atoms with van der Waals surface area (Å²) in [4.78, 5) is 37.5. The highest BCUT2D eigenvalue weighted by Crippen LogP contribution is 2.34. The molecule has 1 saturated heterocycles. The summed E-state index contributed by atoms with van der Waals surface area (Å²) in [6.07, 6.45) is 1.07. The Morgan fingerprint density at radius 3 is 2.50 bits per heavy atom. The number of nitrogens with one attached hydrogen (secondary N) is 2. The lowest BCUT2D eigenvalue weighted by atomic mass is 10.0. The number of methoxy groups -OCH3 is 1. The summed E-state index contributed by atoms with van der Waals surface area (Å²) in [7, 11) is 1.51. The van der Waals surface area contributed by atoms with Crippen LogP contribution in [-0.4, -0.2) is 65.8 Å². The van der Waals surface area contributed by atoms with Crippen molar-refractivity contribution >= 4 is 23.4 Å². The van der Waals surface area contributed by atoms with E-state index in [0.717, 1.165) is 25.0 Å². The Balaban J connectivity index is 1.77. The van der Waals surface area contributed by atoms with E-state index in [1.807, 2.05) is 0 Å². The molecular weight excluding hydrogens is 423 g/mol. The molecule has 1 aromatic rings.